The summed E-state index contributed by atoms with van der Waals surface area (Å²) in [5, 5.41) is 18.1. The van der Waals surface area contributed by atoms with Gasteiger partial charge in [0, 0.05) is 32.0 Å². The number of aliphatic hydroxyl groups is 2. The van der Waals surface area contributed by atoms with Gasteiger partial charge in [0.25, 0.3) is 0 Å². The lowest BCUT2D eigenvalue weighted by Gasteiger charge is -2.28. The first-order chi connectivity index (χ1) is 12.0. The molecular formula is C21H46ClNO3. The molecule has 0 unspecified atom stereocenters. The quantitative estimate of drug-likeness (QED) is 0.274. The Hall–Kier alpha value is 0.130. The van der Waals surface area contributed by atoms with E-state index in [1.54, 1.807) is 0 Å². The highest BCUT2D eigenvalue weighted by Gasteiger charge is 2.22. The van der Waals surface area contributed by atoms with Crippen LogP contribution in [0.15, 0.2) is 0 Å². The van der Waals surface area contributed by atoms with Gasteiger partial charge in [-0.05, 0) is 38.0 Å². The first-order valence-electron chi connectivity index (χ1n) is 10.6. The highest BCUT2D eigenvalue weighted by atomic mass is 35.5. The number of aliphatic hydroxyl groups excluding tert-OH is 2. The van der Waals surface area contributed by atoms with Crippen LogP contribution >= 0.6 is 12.4 Å². The second kappa shape index (κ2) is 19.9. The Morgan fingerprint density at radius 1 is 0.731 bits per heavy atom. The highest BCUT2D eigenvalue weighted by Crippen LogP contribution is 2.18. The molecular weight excluding hydrogens is 350 g/mol. The van der Waals surface area contributed by atoms with Crippen molar-refractivity contribution in [2.75, 3.05) is 26.4 Å². The smallest absolute Gasteiger partial charge is 0.0466 e. The first-order valence-corrected chi connectivity index (χ1v) is 10.6. The summed E-state index contributed by atoms with van der Waals surface area (Å²) in [5.41, 5.74) is 5.76. The van der Waals surface area contributed by atoms with E-state index in [0.717, 1.165) is 38.4 Å². The van der Waals surface area contributed by atoms with Gasteiger partial charge in [-0.2, -0.15) is 0 Å². The summed E-state index contributed by atoms with van der Waals surface area (Å²) in [4.78, 5) is 0. The summed E-state index contributed by atoms with van der Waals surface area (Å²) < 4.78 is 5.69. The third-order valence-electron chi connectivity index (χ3n) is 5.00. The van der Waals surface area contributed by atoms with Crippen molar-refractivity contribution in [3.63, 3.8) is 0 Å². The zero-order valence-corrected chi connectivity index (χ0v) is 18.2. The molecule has 0 aliphatic heterocycles. The lowest BCUT2D eigenvalue weighted by Crippen LogP contribution is -2.41. The van der Waals surface area contributed by atoms with Crippen LogP contribution in [0.25, 0.3) is 0 Å². The molecule has 0 bridgehead atoms. The van der Waals surface area contributed by atoms with Gasteiger partial charge in [0.2, 0.25) is 0 Å². The minimum absolute atomic E-state index is 0. The van der Waals surface area contributed by atoms with Crippen molar-refractivity contribution in [3.05, 3.63) is 0 Å². The van der Waals surface area contributed by atoms with Crippen LogP contribution in [0.5, 0.6) is 0 Å². The molecule has 4 nitrogen and oxygen atoms in total. The molecule has 0 saturated heterocycles. The normalized spacial score (nSPS) is 11.8. The average Bonchev–Trinajstić information content (AvgIpc) is 2.55. The Morgan fingerprint density at radius 2 is 1.19 bits per heavy atom. The van der Waals surface area contributed by atoms with Crippen molar-refractivity contribution >= 4 is 12.4 Å². The van der Waals surface area contributed by atoms with Crippen LogP contribution in [-0.2, 0) is 4.74 Å². The van der Waals surface area contributed by atoms with Gasteiger partial charge >= 0.3 is 0 Å². The fourth-order valence-corrected chi connectivity index (χ4v) is 3.27. The molecule has 0 rings (SSSR count). The maximum absolute atomic E-state index is 9.06. The van der Waals surface area contributed by atoms with Crippen LogP contribution in [-0.4, -0.2) is 42.2 Å². The molecule has 160 valence electrons. The van der Waals surface area contributed by atoms with Gasteiger partial charge < -0.3 is 20.7 Å². The average molecular weight is 396 g/mol. The largest absolute Gasteiger partial charge is 0.396 e. The number of rotatable bonds is 19. The third kappa shape index (κ3) is 18.9. The zero-order valence-electron chi connectivity index (χ0n) is 17.4. The summed E-state index contributed by atoms with van der Waals surface area (Å²) in [6, 6.07) is 0. The third-order valence-corrected chi connectivity index (χ3v) is 5.00. The maximum Gasteiger partial charge on any atom is 0.0466 e. The van der Waals surface area contributed by atoms with E-state index in [1.807, 2.05) is 0 Å². The molecule has 4 N–H and O–H groups in total. The summed E-state index contributed by atoms with van der Waals surface area (Å²) in [6.07, 6.45) is 14.8. The second-order valence-corrected chi connectivity index (χ2v) is 8.04. The summed E-state index contributed by atoms with van der Waals surface area (Å²) >= 11 is 0. The van der Waals surface area contributed by atoms with E-state index in [-0.39, 0.29) is 25.6 Å². The SMILES string of the molecule is CC(C)CCCCCCCCCCOCCCC(N)(CCO)CCO.Cl. The molecule has 0 heterocycles. The molecule has 0 saturated carbocycles. The molecule has 0 aromatic carbocycles. The monoisotopic (exact) mass is 395 g/mol. The number of hydrogen-bond acceptors (Lipinski definition) is 4. The van der Waals surface area contributed by atoms with Gasteiger partial charge in [-0.15, -0.1) is 12.4 Å². The van der Waals surface area contributed by atoms with E-state index in [1.165, 1.54) is 51.4 Å². The van der Waals surface area contributed by atoms with E-state index in [4.69, 9.17) is 20.7 Å². The van der Waals surface area contributed by atoms with Crippen LogP contribution < -0.4 is 5.73 Å². The fraction of sp³-hybridized carbons (Fsp3) is 1.00. The topological polar surface area (TPSA) is 75.7 Å². The molecule has 26 heavy (non-hydrogen) atoms. The van der Waals surface area contributed by atoms with Gasteiger partial charge in [0.1, 0.15) is 0 Å². The number of halogens is 1. The van der Waals surface area contributed by atoms with E-state index in [0.29, 0.717) is 12.8 Å². The Labute approximate surface area is 168 Å². The minimum Gasteiger partial charge on any atom is -0.396 e. The Balaban J connectivity index is 0. The summed E-state index contributed by atoms with van der Waals surface area (Å²) in [6.45, 7) is 6.33. The molecule has 0 amide bonds. The van der Waals surface area contributed by atoms with Crippen LogP contribution in [0.4, 0.5) is 0 Å². The van der Waals surface area contributed by atoms with E-state index >= 15 is 0 Å². The van der Waals surface area contributed by atoms with Crippen molar-refractivity contribution in [1.82, 2.24) is 0 Å². The number of hydrogen-bond donors (Lipinski definition) is 3. The molecule has 0 aromatic heterocycles. The molecule has 0 aromatic rings. The van der Waals surface area contributed by atoms with Gasteiger partial charge in [-0.1, -0.05) is 65.2 Å². The van der Waals surface area contributed by atoms with Crippen molar-refractivity contribution < 1.29 is 14.9 Å². The van der Waals surface area contributed by atoms with Gasteiger partial charge in [0.15, 0.2) is 0 Å². The molecule has 5 heteroatoms. The van der Waals surface area contributed by atoms with Crippen LogP contribution in [0.3, 0.4) is 0 Å². The lowest BCUT2D eigenvalue weighted by atomic mass is 9.88. The molecule has 0 atom stereocenters. The zero-order chi connectivity index (χ0) is 18.8. The molecule has 0 aliphatic rings. The Bertz CT molecular complexity index is 272. The van der Waals surface area contributed by atoms with Crippen LogP contribution in [0.2, 0.25) is 0 Å². The van der Waals surface area contributed by atoms with Crippen molar-refractivity contribution in [2.45, 2.75) is 103 Å². The molecule has 0 fully saturated rings. The number of unbranched alkanes of at least 4 members (excludes halogenated alkanes) is 7. The minimum atomic E-state index is -0.442. The van der Waals surface area contributed by atoms with Gasteiger partial charge in [0.05, 0.1) is 0 Å². The number of nitrogens with two attached hydrogens (primary N) is 1. The highest BCUT2D eigenvalue weighted by molar-refractivity contribution is 5.85. The van der Waals surface area contributed by atoms with Crippen molar-refractivity contribution in [2.24, 2.45) is 11.7 Å². The summed E-state index contributed by atoms with van der Waals surface area (Å²) in [5.74, 6) is 0.852. The van der Waals surface area contributed by atoms with Crippen molar-refractivity contribution in [3.8, 4) is 0 Å². The summed E-state index contributed by atoms with van der Waals surface area (Å²) in [7, 11) is 0. The standard InChI is InChI=1S/C21H45NO3.ClH/c1-20(2)12-9-7-5-3-4-6-8-10-18-25-19-11-13-21(22,14-16-23)15-17-24;/h20,23-24H,3-19,22H2,1-2H3;1H. The first kappa shape index (κ1) is 28.3. The fourth-order valence-electron chi connectivity index (χ4n) is 3.27. The number of ether oxygens (including phenoxy) is 1. The Kier molecular flexibility index (Phi) is 21.7. The van der Waals surface area contributed by atoms with Gasteiger partial charge in [-0.25, -0.2) is 0 Å². The Morgan fingerprint density at radius 3 is 1.69 bits per heavy atom. The second-order valence-electron chi connectivity index (χ2n) is 8.04. The van der Waals surface area contributed by atoms with Crippen molar-refractivity contribution in [1.29, 1.82) is 0 Å². The predicted octanol–water partition coefficient (Wildman–Crippen LogP) is 4.83. The molecule has 0 spiro atoms. The molecule has 0 radical (unpaired) electrons. The van der Waals surface area contributed by atoms with E-state index in [2.05, 4.69) is 13.8 Å². The van der Waals surface area contributed by atoms with Gasteiger partial charge in [-0.3, -0.25) is 0 Å². The lowest BCUT2D eigenvalue weighted by molar-refractivity contribution is 0.113. The van der Waals surface area contributed by atoms with E-state index in [9.17, 15) is 0 Å². The van der Waals surface area contributed by atoms with Crippen LogP contribution in [0, 0.1) is 5.92 Å². The van der Waals surface area contributed by atoms with E-state index < -0.39 is 5.54 Å². The maximum atomic E-state index is 9.06. The molecule has 0 aliphatic carbocycles. The predicted molar refractivity (Wildman–Crippen MR) is 114 cm³/mol. The van der Waals surface area contributed by atoms with Crippen LogP contribution in [0.1, 0.15) is 97.3 Å².